The van der Waals surface area contributed by atoms with E-state index in [-0.39, 0.29) is 6.10 Å². The molecular weight excluding hydrogens is 234 g/mol. The van der Waals surface area contributed by atoms with Crippen molar-refractivity contribution in [1.29, 1.82) is 0 Å². The number of benzene rings is 1. The minimum atomic E-state index is 0.173. The number of rotatable bonds is 6. The Labute approximate surface area is 109 Å². The molecule has 1 N–H and O–H groups in total. The van der Waals surface area contributed by atoms with Crippen LogP contribution < -0.4 is 10.1 Å². The van der Waals surface area contributed by atoms with Crippen molar-refractivity contribution >= 4 is 11.6 Å². The Morgan fingerprint density at radius 1 is 1.35 bits per heavy atom. The van der Waals surface area contributed by atoms with Gasteiger partial charge in [0.2, 0.25) is 0 Å². The van der Waals surface area contributed by atoms with Crippen LogP contribution in [0, 0.1) is 12.8 Å². The van der Waals surface area contributed by atoms with Crippen molar-refractivity contribution in [3.05, 3.63) is 28.8 Å². The van der Waals surface area contributed by atoms with Gasteiger partial charge in [-0.2, -0.15) is 0 Å². The fourth-order valence-electron chi connectivity index (χ4n) is 1.56. The second-order valence-electron chi connectivity index (χ2n) is 4.62. The van der Waals surface area contributed by atoms with Crippen molar-refractivity contribution < 1.29 is 4.74 Å². The van der Waals surface area contributed by atoms with Crippen LogP contribution in [0.4, 0.5) is 0 Å². The number of nitrogens with one attached hydrogen (secondary N) is 1. The average molecular weight is 256 g/mol. The average Bonchev–Trinajstić information content (AvgIpc) is 2.28. The molecule has 0 aromatic heterocycles. The molecule has 0 spiro atoms. The predicted octanol–water partition coefficient (Wildman–Crippen LogP) is 3.66. The van der Waals surface area contributed by atoms with E-state index >= 15 is 0 Å². The van der Waals surface area contributed by atoms with Gasteiger partial charge in [0.05, 0.1) is 0 Å². The third-order valence-electron chi connectivity index (χ3n) is 2.77. The van der Waals surface area contributed by atoms with Gasteiger partial charge in [-0.1, -0.05) is 38.4 Å². The summed E-state index contributed by atoms with van der Waals surface area (Å²) in [5, 5.41) is 4.05. The van der Waals surface area contributed by atoms with Crippen molar-refractivity contribution in [1.82, 2.24) is 5.32 Å². The molecule has 1 atom stereocenters. The first-order valence-electron chi connectivity index (χ1n) is 6.18. The van der Waals surface area contributed by atoms with Gasteiger partial charge in [-0.15, -0.1) is 0 Å². The molecule has 2 nitrogen and oxygen atoms in total. The summed E-state index contributed by atoms with van der Waals surface area (Å²) in [6.45, 7) is 10.3. The molecule has 0 saturated carbocycles. The van der Waals surface area contributed by atoms with E-state index in [1.54, 1.807) is 0 Å². The van der Waals surface area contributed by atoms with Gasteiger partial charge < -0.3 is 10.1 Å². The van der Waals surface area contributed by atoms with Crippen LogP contribution in [-0.2, 0) is 0 Å². The van der Waals surface area contributed by atoms with Gasteiger partial charge in [0.1, 0.15) is 11.9 Å². The van der Waals surface area contributed by atoms with Crippen molar-refractivity contribution in [2.45, 2.75) is 33.8 Å². The molecular formula is C14H22ClNO. The number of aryl methyl sites for hydroxylation is 1. The summed E-state index contributed by atoms with van der Waals surface area (Å²) in [5.41, 5.74) is 1.12. The standard InChI is InChI=1S/C14H22ClNO/c1-5-16-9-14(10(2)3)17-13-8-12(15)7-6-11(13)4/h6-8,10,14,16H,5,9H2,1-4H3. The van der Waals surface area contributed by atoms with Gasteiger partial charge in [-0.25, -0.2) is 0 Å². The lowest BCUT2D eigenvalue weighted by Gasteiger charge is -2.24. The Morgan fingerprint density at radius 2 is 2.06 bits per heavy atom. The molecule has 0 amide bonds. The van der Waals surface area contributed by atoms with Gasteiger partial charge in [-0.3, -0.25) is 0 Å². The molecule has 0 radical (unpaired) electrons. The first-order chi connectivity index (χ1) is 8.04. The van der Waals surface area contributed by atoms with Gasteiger partial charge in [0, 0.05) is 11.6 Å². The molecule has 0 fully saturated rings. The Bertz CT molecular complexity index is 352. The number of likely N-dealkylation sites (N-methyl/N-ethyl adjacent to an activating group) is 1. The first kappa shape index (κ1) is 14.3. The van der Waals surface area contributed by atoms with E-state index in [1.165, 1.54) is 0 Å². The van der Waals surface area contributed by atoms with Crippen LogP contribution in [0.1, 0.15) is 26.3 Å². The molecule has 0 bridgehead atoms. The second kappa shape index (κ2) is 6.87. The van der Waals surface area contributed by atoms with Crippen molar-refractivity contribution in [3.63, 3.8) is 0 Å². The van der Waals surface area contributed by atoms with Gasteiger partial charge in [0.25, 0.3) is 0 Å². The fourth-order valence-corrected chi connectivity index (χ4v) is 1.73. The number of halogens is 1. The van der Waals surface area contributed by atoms with E-state index in [4.69, 9.17) is 16.3 Å². The van der Waals surface area contributed by atoms with E-state index in [2.05, 4.69) is 26.1 Å². The van der Waals surface area contributed by atoms with Crippen molar-refractivity contribution in [3.8, 4) is 5.75 Å². The zero-order chi connectivity index (χ0) is 12.8. The van der Waals surface area contributed by atoms with E-state index < -0.39 is 0 Å². The largest absolute Gasteiger partial charge is 0.489 e. The zero-order valence-electron chi connectivity index (χ0n) is 11.1. The van der Waals surface area contributed by atoms with Gasteiger partial charge in [0.15, 0.2) is 0 Å². The molecule has 17 heavy (non-hydrogen) atoms. The summed E-state index contributed by atoms with van der Waals surface area (Å²) in [5.74, 6) is 1.35. The summed E-state index contributed by atoms with van der Waals surface area (Å²) in [6.07, 6.45) is 0.173. The van der Waals surface area contributed by atoms with Crippen LogP contribution in [0.25, 0.3) is 0 Å². The Kier molecular flexibility index (Phi) is 5.79. The lowest BCUT2D eigenvalue weighted by molar-refractivity contribution is 0.148. The van der Waals surface area contributed by atoms with Crippen LogP contribution in [0.5, 0.6) is 5.75 Å². The smallest absolute Gasteiger partial charge is 0.124 e. The number of hydrogen-bond acceptors (Lipinski definition) is 2. The maximum Gasteiger partial charge on any atom is 0.124 e. The summed E-state index contributed by atoms with van der Waals surface area (Å²) in [7, 11) is 0. The molecule has 96 valence electrons. The van der Waals surface area contributed by atoms with E-state index in [0.717, 1.165) is 29.4 Å². The summed E-state index contributed by atoms with van der Waals surface area (Å²) < 4.78 is 6.04. The molecule has 0 aliphatic heterocycles. The van der Waals surface area contributed by atoms with Gasteiger partial charge in [-0.05, 0) is 37.1 Å². The topological polar surface area (TPSA) is 21.3 Å². The lowest BCUT2D eigenvalue weighted by atomic mass is 10.1. The lowest BCUT2D eigenvalue weighted by Crippen LogP contribution is -2.35. The zero-order valence-corrected chi connectivity index (χ0v) is 11.8. The van der Waals surface area contributed by atoms with E-state index in [9.17, 15) is 0 Å². The third-order valence-corrected chi connectivity index (χ3v) is 3.00. The maximum atomic E-state index is 6.04. The molecule has 0 aliphatic rings. The predicted molar refractivity (Wildman–Crippen MR) is 74.0 cm³/mol. The quantitative estimate of drug-likeness (QED) is 0.838. The van der Waals surface area contributed by atoms with Crippen molar-refractivity contribution in [2.24, 2.45) is 5.92 Å². The number of ether oxygens (including phenoxy) is 1. The molecule has 1 rings (SSSR count). The van der Waals surface area contributed by atoms with Crippen LogP contribution in [0.3, 0.4) is 0 Å². The van der Waals surface area contributed by atoms with Gasteiger partial charge >= 0.3 is 0 Å². The van der Waals surface area contributed by atoms with Crippen LogP contribution >= 0.6 is 11.6 Å². The normalized spacial score (nSPS) is 12.8. The molecule has 3 heteroatoms. The molecule has 1 aromatic rings. The highest BCUT2D eigenvalue weighted by Gasteiger charge is 2.15. The van der Waals surface area contributed by atoms with E-state index in [0.29, 0.717) is 5.92 Å². The SMILES string of the molecule is CCNCC(Oc1cc(Cl)ccc1C)C(C)C. The monoisotopic (exact) mass is 255 g/mol. The fraction of sp³-hybridized carbons (Fsp3) is 0.571. The van der Waals surface area contributed by atoms with Crippen LogP contribution in [-0.4, -0.2) is 19.2 Å². The second-order valence-corrected chi connectivity index (χ2v) is 5.05. The molecule has 0 heterocycles. The summed E-state index contributed by atoms with van der Waals surface area (Å²) in [4.78, 5) is 0. The molecule has 1 aromatic carbocycles. The third kappa shape index (κ3) is 4.57. The molecule has 0 aliphatic carbocycles. The summed E-state index contributed by atoms with van der Waals surface area (Å²) >= 11 is 5.99. The minimum Gasteiger partial charge on any atom is -0.489 e. The Balaban J connectivity index is 2.74. The first-order valence-corrected chi connectivity index (χ1v) is 6.56. The number of hydrogen-bond donors (Lipinski definition) is 1. The highest BCUT2D eigenvalue weighted by Crippen LogP contribution is 2.24. The maximum absolute atomic E-state index is 6.04. The minimum absolute atomic E-state index is 0.173. The Morgan fingerprint density at radius 3 is 2.65 bits per heavy atom. The highest BCUT2D eigenvalue weighted by molar-refractivity contribution is 6.30. The molecule has 1 unspecified atom stereocenters. The van der Waals surface area contributed by atoms with Crippen LogP contribution in [0.15, 0.2) is 18.2 Å². The van der Waals surface area contributed by atoms with Crippen molar-refractivity contribution in [2.75, 3.05) is 13.1 Å². The Hall–Kier alpha value is -0.730. The highest BCUT2D eigenvalue weighted by atomic mass is 35.5. The van der Waals surface area contributed by atoms with Crippen LogP contribution in [0.2, 0.25) is 5.02 Å². The van der Waals surface area contributed by atoms with E-state index in [1.807, 2.05) is 25.1 Å². The summed E-state index contributed by atoms with van der Waals surface area (Å²) in [6, 6.07) is 5.76. The molecule has 0 saturated heterocycles.